The molecular formula is C13H18F2N2O. The lowest BCUT2D eigenvalue weighted by molar-refractivity contribution is -0.122. The molecule has 0 aliphatic heterocycles. The molecule has 0 bridgehead atoms. The average Bonchev–Trinajstić information content (AvgIpc) is 2.18. The van der Waals surface area contributed by atoms with Crippen molar-refractivity contribution in [3.8, 4) is 0 Å². The maximum absolute atomic E-state index is 13.5. The lowest BCUT2D eigenvalue weighted by Crippen LogP contribution is -2.39. The van der Waals surface area contributed by atoms with Crippen molar-refractivity contribution in [3.63, 3.8) is 0 Å². The van der Waals surface area contributed by atoms with Crippen LogP contribution in [-0.2, 0) is 4.79 Å². The number of carbonyl (C=O) groups is 1. The average molecular weight is 256 g/mol. The molecule has 0 aromatic heterocycles. The minimum absolute atomic E-state index is 0.119. The highest BCUT2D eigenvalue weighted by Crippen LogP contribution is 2.18. The lowest BCUT2D eigenvalue weighted by Gasteiger charge is -2.20. The summed E-state index contributed by atoms with van der Waals surface area (Å²) in [5.41, 5.74) is 5.20. The molecule has 18 heavy (non-hydrogen) atoms. The van der Waals surface area contributed by atoms with Gasteiger partial charge in [0, 0.05) is 17.5 Å². The summed E-state index contributed by atoms with van der Waals surface area (Å²) in [6, 6.07) is 2.56. The first-order valence-electron chi connectivity index (χ1n) is 5.72. The fraction of sp³-hybridized carbons (Fsp3) is 0.462. The molecule has 0 heterocycles. The first kappa shape index (κ1) is 14.6. The molecule has 100 valence electrons. The summed E-state index contributed by atoms with van der Waals surface area (Å²) in [5, 5.41) is 2.60. The number of nitrogens with two attached hydrogens (primary N) is 1. The van der Waals surface area contributed by atoms with E-state index in [0.29, 0.717) is 0 Å². The van der Waals surface area contributed by atoms with Crippen molar-refractivity contribution in [1.82, 2.24) is 5.32 Å². The number of hydrogen-bond donors (Lipinski definition) is 2. The zero-order valence-corrected chi connectivity index (χ0v) is 10.8. The summed E-state index contributed by atoms with van der Waals surface area (Å²) < 4.78 is 26.5. The van der Waals surface area contributed by atoms with E-state index in [4.69, 9.17) is 5.73 Å². The van der Waals surface area contributed by atoms with E-state index in [2.05, 4.69) is 5.32 Å². The quantitative estimate of drug-likeness (QED) is 0.868. The third-order valence-electron chi connectivity index (χ3n) is 2.42. The molecular weight excluding hydrogens is 238 g/mol. The Labute approximate surface area is 105 Å². The zero-order valence-electron chi connectivity index (χ0n) is 10.8. The van der Waals surface area contributed by atoms with Gasteiger partial charge in [0.05, 0.1) is 6.04 Å². The van der Waals surface area contributed by atoms with E-state index < -0.39 is 23.2 Å². The predicted molar refractivity (Wildman–Crippen MR) is 65.8 cm³/mol. The maximum Gasteiger partial charge on any atom is 0.222 e. The zero-order chi connectivity index (χ0) is 13.9. The van der Waals surface area contributed by atoms with Crippen molar-refractivity contribution in [2.24, 2.45) is 5.73 Å². The molecule has 3 nitrogen and oxygen atoms in total. The Morgan fingerprint density at radius 3 is 2.61 bits per heavy atom. The number of benzene rings is 1. The number of amides is 1. The molecule has 1 aromatic carbocycles. The van der Waals surface area contributed by atoms with Gasteiger partial charge in [-0.25, -0.2) is 8.78 Å². The molecule has 1 unspecified atom stereocenters. The van der Waals surface area contributed by atoms with Crippen LogP contribution in [0.2, 0.25) is 0 Å². The van der Waals surface area contributed by atoms with Crippen LogP contribution in [0.15, 0.2) is 18.2 Å². The number of halogens is 2. The van der Waals surface area contributed by atoms with Crippen molar-refractivity contribution in [2.75, 3.05) is 0 Å². The SMILES string of the molecule is CC(NC(=O)CC(C)(C)N)c1cc(F)ccc1F. The summed E-state index contributed by atoms with van der Waals surface area (Å²) in [4.78, 5) is 11.6. The van der Waals surface area contributed by atoms with Gasteiger partial charge in [-0.2, -0.15) is 0 Å². The third kappa shape index (κ3) is 4.41. The van der Waals surface area contributed by atoms with Crippen LogP contribution in [-0.4, -0.2) is 11.4 Å². The van der Waals surface area contributed by atoms with Crippen LogP contribution in [0, 0.1) is 11.6 Å². The fourth-order valence-electron chi connectivity index (χ4n) is 1.63. The predicted octanol–water partition coefficient (Wildman–Crippen LogP) is 2.27. The minimum Gasteiger partial charge on any atom is -0.349 e. The standard InChI is InChI=1S/C13H18F2N2O/c1-8(17-12(18)7-13(2,3)16)10-6-9(14)4-5-11(10)15/h4-6,8H,7,16H2,1-3H3,(H,17,18). The van der Waals surface area contributed by atoms with Gasteiger partial charge in [-0.15, -0.1) is 0 Å². The third-order valence-corrected chi connectivity index (χ3v) is 2.42. The van der Waals surface area contributed by atoms with Gasteiger partial charge in [-0.05, 0) is 39.0 Å². The summed E-state index contributed by atoms with van der Waals surface area (Å²) in [7, 11) is 0. The minimum atomic E-state index is -0.635. The molecule has 1 amide bonds. The monoisotopic (exact) mass is 256 g/mol. The van der Waals surface area contributed by atoms with Crippen LogP contribution >= 0.6 is 0 Å². The van der Waals surface area contributed by atoms with E-state index >= 15 is 0 Å². The molecule has 5 heteroatoms. The van der Waals surface area contributed by atoms with E-state index in [9.17, 15) is 13.6 Å². The van der Waals surface area contributed by atoms with Gasteiger partial charge in [0.25, 0.3) is 0 Å². The van der Waals surface area contributed by atoms with Crippen molar-refractivity contribution < 1.29 is 13.6 Å². The van der Waals surface area contributed by atoms with Gasteiger partial charge in [-0.3, -0.25) is 4.79 Å². The van der Waals surface area contributed by atoms with Crippen LogP contribution in [0.3, 0.4) is 0 Å². The molecule has 0 fully saturated rings. The number of nitrogens with one attached hydrogen (secondary N) is 1. The lowest BCUT2D eigenvalue weighted by atomic mass is 10.0. The highest BCUT2D eigenvalue weighted by molar-refractivity contribution is 5.77. The summed E-state index contributed by atoms with van der Waals surface area (Å²) >= 11 is 0. The fourth-order valence-corrected chi connectivity index (χ4v) is 1.63. The Morgan fingerprint density at radius 2 is 2.06 bits per heavy atom. The molecule has 0 radical (unpaired) electrons. The van der Waals surface area contributed by atoms with Gasteiger partial charge in [0.2, 0.25) is 5.91 Å². The van der Waals surface area contributed by atoms with Crippen molar-refractivity contribution >= 4 is 5.91 Å². The van der Waals surface area contributed by atoms with Gasteiger partial charge in [0.15, 0.2) is 0 Å². The number of rotatable bonds is 4. The summed E-state index contributed by atoms with van der Waals surface area (Å²) in [6.07, 6.45) is 0.119. The van der Waals surface area contributed by atoms with Crippen molar-refractivity contribution in [1.29, 1.82) is 0 Å². The first-order valence-corrected chi connectivity index (χ1v) is 5.72. The Balaban J connectivity index is 2.73. The van der Waals surface area contributed by atoms with Crippen LogP contribution in [0.4, 0.5) is 8.78 Å². The van der Waals surface area contributed by atoms with E-state index in [-0.39, 0.29) is 17.9 Å². The normalized spacial score (nSPS) is 13.2. The van der Waals surface area contributed by atoms with E-state index in [1.807, 2.05) is 0 Å². The smallest absolute Gasteiger partial charge is 0.222 e. The number of hydrogen-bond acceptors (Lipinski definition) is 2. The second kappa shape index (κ2) is 5.44. The number of carbonyl (C=O) groups excluding carboxylic acids is 1. The molecule has 1 atom stereocenters. The van der Waals surface area contributed by atoms with Crippen LogP contribution < -0.4 is 11.1 Å². The molecule has 0 spiro atoms. The van der Waals surface area contributed by atoms with Crippen LogP contribution in [0.1, 0.15) is 38.8 Å². The van der Waals surface area contributed by atoms with Crippen LogP contribution in [0.25, 0.3) is 0 Å². The highest BCUT2D eigenvalue weighted by atomic mass is 19.1. The first-order chi connectivity index (χ1) is 8.19. The van der Waals surface area contributed by atoms with Crippen molar-refractivity contribution in [2.45, 2.75) is 38.8 Å². The molecule has 1 aromatic rings. The van der Waals surface area contributed by atoms with Gasteiger partial charge in [-0.1, -0.05) is 0 Å². The molecule has 3 N–H and O–H groups in total. The molecule has 0 saturated heterocycles. The second-order valence-corrected chi connectivity index (χ2v) is 5.12. The topological polar surface area (TPSA) is 55.1 Å². The van der Waals surface area contributed by atoms with Crippen LogP contribution in [0.5, 0.6) is 0 Å². The molecule has 0 saturated carbocycles. The Hall–Kier alpha value is -1.49. The van der Waals surface area contributed by atoms with E-state index in [0.717, 1.165) is 18.2 Å². The Morgan fingerprint density at radius 1 is 1.44 bits per heavy atom. The van der Waals surface area contributed by atoms with Gasteiger partial charge in [0.1, 0.15) is 11.6 Å². The maximum atomic E-state index is 13.5. The van der Waals surface area contributed by atoms with E-state index in [1.165, 1.54) is 0 Å². The summed E-state index contributed by atoms with van der Waals surface area (Å²) in [5.74, 6) is -1.37. The van der Waals surface area contributed by atoms with E-state index in [1.54, 1.807) is 20.8 Å². The second-order valence-electron chi connectivity index (χ2n) is 5.12. The summed E-state index contributed by atoms with van der Waals surface area (Å²) in [6.45, 7) is 5.04. The molecule has 0 aliphatic carbocycles. The molecule has 0 aliphatic rings. The van der Waals surface area contributed by atoms with Gasteiger partial charge < -0.3 is 11.1 Å². The largest absolute Gasteiger partial charge is 0.349 e. The molecule has 1 rings (SSSR count). The Bertz CT molecular complexity index is 441. The Kier molecular flexibility index (Phi) is 4.40. The van der Waals surface area contributed by atoms with Crippen molar-refractivity contribution in [3.05, 3.63) is 35.4 Å². The van der Waals surface area contributed by atoms with Gasteiger partial charge >= 0.3 is 0 Å². The highest BCUT2D eigenvalue weighted by Gasteiger charge is 2.19.